The number of hydrazine groups is 1. The Bertz CT molecular complexity index is 1290. The monoisotopic (exact) mass is 654 g/mol. The van der Waals surface area contributed by atoms with Gasteiger partial charge in [-0.05, 0) is 68.8 Å². The Kier molecular flexibility index (Phi) is 17.2. The first-order valence-electron chi connectivity index (χ1n) is 15.7. The van der Waals surface area contributed by atoms with Gasteiger partial charge in [0.05, 0.1) is 12.1 Å². The molecule has 2 rings (SSSR count). The number of rotatable bonds is 22. The highest BCUT2D eigenvalue weighted by molar-refractivity contribution is 6.36. The molecule has 0 aliphatic heterocycles. The van der Waals surface area contributed by atoms with Crippen molar-refractivity contribution in [3.8, 4) is 5.75 Å². The number of Topliss-reactive ketones (excluding diaryl/α,β-unsaturated/α-hetero) is 1. The standard InChI is InChI=1S/C32H50N10O5/c1-20(2)26(30(45)40-24(11-6-7-17-33)27(43)31(46)47-23-9-4-3-5-10-23)42-41-25(12-8-18-38-32(36)37)29(44)39-19-21-13-15-22(16-14-21)28(34)35/h3-5,9-10,13-16,20,24-26,32,38,41-42H,6-8,11-12,17-19,33,36-37H2,1-2H3,(H3,34,35)(H,39,44)(H,40,45)/t24-,25-,26-/m0/s1. The van der Waals surface area contributed by atoms with Crippen molar-refractivity contribution >= 4 is 29.4 Å². The molecule has 2 aromatic rings. The number of unbranched alkanes of at least 4 members (excludes halogenated alkanes) is 1. The van der Waals surface area contributed by atoms with E-state index in [0.717, 1.165) is 5.56 Å². The fraction of sp³-hybridized carbons (Fsp3) is 0.469. The van der Waals surface area contributed by atoms with Crippen LogP contribution in [0, 0.1) is 11.3 Å². The highest BCUT2D eigenvalue weighted by atomic mass is 16.5. The Labute approximate surface area is 275 Å². The number of carbonyl (C=O) groups is 4. The molecule has 0 saturated carbocycles. The van der Waals surface area contributed by atoms with E-state index in [1.807, 2.05) is 0 Å². The molecule has 2 aromatic carbocycles. The lowest BCUT2D eigenvalue weighted by molar-refractivity contribution is -0.148. The van der Waals surface area contributed by atoms with Crippen molar-refractivity contribution in [3.05, 3.63) is 65.7 Å². The van der Waals surface area contributed by atoms with Crippen molar-refractivity contribution in [3.63, 3.8) is 0 Å². The number of amides is 2. The minimum Gasteiger partial charge on any atom is -0.421 e. The van der Waals surface area contributed by atoms with Gasteiger partial charge in [0.2, 0.25) is 11.8 Å². The third kappa shape index (κ3) is 14.4. The summed E-state index contributed by atoms with van der Waals surface area (Å²) in [6, 6.07) is 12.3. The second-order valence-corrected chi connectivity index (χ2v) is 11.4. The molecule has 0 heterocycles. The molecule has 0 bridgehead atoms. The molecule has 0 saturated heterocycles. The molecule has 2 amide bonds. The van der Waals surface area contributed by atoms with Crippen LogP contribution in [0.2, 0.25) is 0 Å². The van der Waals surface area contributed by atoms with E-state index in [2.05, 4.69) is 26.8 Å². The first-order chi connectivity index (χ1) is 22.4. The van der Waals surface area contributed by atoms with E-state index in [4.69, 9.17) is 33.1 Å². The van der Waals surface area contributed by atoms with Crippen LogP contribution in [-0.2, 0) is 25.7 Å². The van der Waals surface area contributed by atoms with E-state index in [1.165, 1.54) is 0 Å². The molecule has 0 unspecified atom stereocenters. The highest BCUT2D eigenvalue weighted by Crippen LogP contribution is 2.12. The summed E-state index contributed by atoms with van der Waals surface area (Å²) in [5, 5.41) is 16.0. The lowest BCUT2D eigenvalue weighted by Gasteiger charge is -2.27. The maximum absolute atomic E-state index is 13.5. The minimum absolute atomic E-state index is 0.0520. The van der Waals surface area contributed by atoms with Gasteiger partial charge in [0.25, 0.3) is 5.78 Å². The molecular weight excluding hydrogens is 604 g/mol. The van der Waals surface area contributed by atoms with Gasteiger partial charge in [0.15, 0.2) is 0 Å². The van der Waals surface area contributed by atoms with Crippen LogP contribution in [0.25, 0.3) is 0 Å². The van der Waals surface area contributed by atoms with Crippen LogP contribution in [0.1, 0.15) is 57.1 Å². The van der Waals surface area contributed by atoms with E-state index in [0.29, 0.717) is 44.3 Å². The van der Waals surface area contributed by atoms with E-state index in [1.54, 1.807) is 68.4 Å². The number of esters is 1. The largest absolute Gasteiger partial charge is 0.421 e. The van der Waals surface area contributed by atoms with Crippen molar-refractivity contribution < 1.29 is 23.9 Å². The molecule has 15 heteroatoms. The summed E-state index contributed by atoms with van der Waals surface area (Å²) < 4.78 is 5.22. The van der Waals surface area contributed by atoms with Gasteiger partial charge in [-0.15, -0.1) is 0 Å². The maximum atomic E-state index is 13.5. The predicted molar refractivity (Wildman–Crippen MR) is 179 cm³/mol. The third-order valence-electron chi connectivity index (χ3n) is 7.19. The molecule has 0 aromatic heterocycles. The summed E-state index contributed by atoms with van der Waals surface area (Å²) in [5.74, 6) is -2.94. The zero-order valence-electron chi connectivity index (χ0n) is 27.1. The summed E-state index contributed by atoms with van der Waals surface area (Å²) in [6.45, 7) is 4.68. The number of hydrogen-bond acceptors (Lipinski definition) is 12. The molecule has 0 fully saturated rings. The fourth-order valence-electron chi connectivity index (χ4n) is 4.49. The second-order valence-electron chi connectivity index (χ2n) is 11.4. The van der Waals surface area contributed by atoms with Crippen molar-refractivity contribution in [1.82, 2.24) is 26.8 Å². The number of amidine groups is 1. The zero-order chi connectivity index (χ0) is 34.8. The van der Waals surface area contributed by atoms with Gasteiger partial charge in [0.1, 0.15) is 23.9 Å². The van der Waals surface area contributed by atoms with Crippen LogP contribution in [0.5, 0.6) is 5.75 Å². The average Bonchev–Trinajstić information content (AvgIpc) is 3.04. The molecule has 3 atom stereocenters. The van der Waals surface area contributed by atoms with E-state index in [-0.39, 0.29) is 36.4 Å². The Morgan fingerprint density at radius 2 is 1.51 bits per heavy atom. The normalized spacial score (nSPS) is 13.1. The van der Waals surface area contributed by atoms with E-state index >= 15 is 0 Å². The molecule has 0 radical (unpaired) electrons. The second kappa shape index (κ2) is 20.8. The Hall–Kier alpha value is -4.25. The van der Waals surface area contributed by atoms with Crippen molar-refractivity contribution in [1.29, 1.82) is 5.41 Å². The number of hydrogen-bond donors (Lipinski definition) is 10. The number of ether oxygens (including phenoxy) is 1. The van der Waals surface area contributed by atoms with E-state index < -0.39 is 42.1 Å². The SMILES string of the molecule is CC(C)[C@H](NN[C@@H](CCCNC(N)N)C(=O)NCc1ccc(C(=N)N)cc1)C(=O)N[C@@H](CCCCN)C(=O)C(=O)Oc1ccccc1. The van der Waals surface area contributed by atoms with Gasteiger partial charge >= 0.3 is 5.97 Å². The molecule has 0 aliphatic rings. The van der Waals surface area contributed by atoms with Crippen LogP contribution in [0.15, 0.2) is 54.6 Å². The van der Waals surface area contributed by atoms with Gasteiger partial charge in [-0.3, -0.25) is 25.1 Å². The Morgan fingerprint density at radius 1 is 0.851 bits per heavy atom. The lowest BCUT2D eigenvalue weighted by atomic mass is 10.0. The highest BCUT2D eigenvalue weighted by Gasteiger charge is 2.32. The average molecular weight is 655 g/mol. The molecular formula is C32H50N10O5. The van der Waals surface area contributed by atoms with Gasteiger partial charge in [0, 0.05) is 12.1 Å². The first kappa shape index (κ1) is 38.9. The quantitative estimate of drug-likeness (QED) is 0.0112. The van der Waals surface area contributed by atoms with Crippen LogP contribution < -0.4 is 54.5 Å². The predicted octanol–water partition coefficient (Wildman–Crippen LogP) is -0.566. The minimum atomic E-state index is -1.13. The van der Waals surface area contributed by atoms with Crippen LogP contribution in [0.4, 0.5) is 0 Å². The lowest BCUT2D eigenvalue weighted by Crippen LogP contribution is -2.60. The summed E-state index contributed by atoms with van der Waals surface area (Å²) in [6.07, 6.45) is 1.49. The molecule has 258 valence electrons. The van der Waals surface area contributed by atoms with Crippen molar-refractivity contribution in [2.75, 3.05) is 13.1 Å². The summed E-state index contributed by atoms with van der Waals surface area (Å²) >= 11 is 0. The van der Waals surface area contributed by atoms with Gasteiger partial charge in [-0.25, -0.2) is 15.6 Å². The number of ketones is 1. The fourth-order valence-corrected chi connectivity index (χ4v) is 4.49. The number of para-hydroxylation sites is 1. The van der Waals surface area contributed by atoms with Crippen LogP contribution in [-0.4, -0.2) is 66.9 Å². The molecule has 14 N–H and O–H groups in total. The smallest absolute Gasteiger partial charge is 0.382 e. The van der Waals surface area contributed by atoms with Gasteiger partial charge < -0.3 is 38.3 Å². The Balaban J connectivity index is 2.11. The topological polar surface area (TPSA) is 266 Å². The number of nitrogens with one attached hydrogen (secondary N) is 6. The number of nitrogens with two attached hydrogens (primary N) is 4. The molecule has 15 nitrogen and oxygen atoms in total. The summed E-state index contributed by atoms with van der Waals surface area (Å²) in [4.78, 5) is 52.6. The third-order valence-corrected chi connectivity index (χ3v) is 7.19. The van der Waals surface area contributed by atoms with Crippen molar-refractivity contribution in [2.24, 2.45) is 28.9 Å². The number of carbonyl (C=O) groups excluding carboxylic acids is 4. The van der Waals surface area contributed by atoms with Gasteiger partial charge in [-0.2, -0.15) is 0 Å². The maximum Gasteiger partial charge on any atom is 0.382 e. The Morgan fingerprint density at radius 3 is 2.11 bits per heavy atom. The molecule has 0 aliphatic carbocycles. The molecule has 47 heavy (non-hydrogen) atoms. The summed E-state index contributed by atoms with van der Waals surface area (Å²) in [5.41, 5.74) is 29.6. The van der Waals surface area contributed by atoms with Crippen LogP contribution >= 0.6 is 0 Å². The van der Waals surface area contributed by atoms with Crippen molar-refractivity contribution in [2.45, 2.75) is 76.9 Å². The number of benzene rings is 2. The van der Waals surface area contributed by atoms with Gasteiger partial charge in [-0.1, -0.05) is 56.3 Å². The molecule has 0 spiro atoms. The number of nitrogen functional groups attached to an aromatic ring is 1. The summed E-state index contributed by atoms with van der Waals surface area (Å²) in [7, 11) is 0. The first-order valence-corrected chi connectivity index (χ1v) is 15.7. The van der Waals surface area contributed by atoms with Crippen LogP contribution in [0.3, 0.4) is 0 Å². The van der Waals surface area contributed by atoms with E-state index in [9.17, 15) is 19.2 Å². The zero-order valence-corrected chi connectivity index (χ0v) is 27.1.